The van der Waals surface area contributed by atoms with Crippen LogP contribution in [0.15, 0.2) is 29.3 Å². The molecule has 1 saturated carbocycles. The lowest BCUT2D eigenvalue weighted by molar-refractivity contribution is 0.253. The lowest BCUT2D eigenvalue weighted by Gasteiger charge is -2.30. The predicted octanol–water partition coefficient (Wildman–Crippen LogP) is 2.19. The summed E-state index contributed by atoms with van der Waals surface area (Å²) in [4.78, 5) is 12.8. The van der Waals surface area contributed by atoms with E-state index in [0.29, 0.717) is 17.1 Å². The summed E-state index contributed by atoms with van der Waals surface area (Å²) in [6.45, 7) is 2.23. The van der Waals surface area contributed by atoms with Gasteiger partial charge in [-0.05, 0) is 24.8 Å². The van der Waals surface area contributed by atoms with Crippen molar-refractivity contribution >= 4 is 16.7 Å². The van der Waals surface area contributed by atoms with Gasteiger partial charge in [-0.1, -0.05) is 19.8 Å². The molecular weight excluding hydrogens is 266 g/mol. The largest absolute Gasteiger partial charge is 0.310 e. The minimum absolute atomic E-state index is 0.0591. The molecule has 0 saturated heterocycles. The summed E-state index contributed by atoms with van der Waals surface area (Å²) in [5, 5.41) is 12.4. The summed E-state index contributed by atoms with van der Waals surface area (Å²) in [6, 6.07) is 3.97. The van der Waals surface area contributed by atoms with Crippen LogP contribution in [0.3, 0.4) is 0 Å². The molecule has 1 fully saturated rings. The first-order chi connectivity index (χ1) is 10.3. The van der Waals surface area contributed by atoms with Gasteiger partial charge < -0.3 is 4.57 Å². The van der Waals surface area contributed by atoms with Gasteiger partial charge in [-0.25, -0.2) is 4.52 Å². The molecule has 1 aliphatic carbocycles. The van der Waals surface area contributed by atoms with E-state index in [1.807, 2.05) is 16.8 Å². The number of aromatic nitrogens is 5. The van der Waals surface area contributed by atoms with Gasteiger partial charge in [0.25, 0.3) is 5.56 Å². The fraction of sp³-hybridized carbons (Fsp3) is 0.467. The topological polar surface area (TPSA) is 65.1 Å². The number of nitrogens with zero attached hydrogens (tertiary/aromatic N) is 5. The highest BCUT2D eigenvalue weighted by Crippen LogP contribution is 2.32. The molecule has 6 nitrogen and oxygen atoms in total. The molecule has 3 aromatic rings. The fourth-order valence-corrected chi connectivity index (χ4v) is 3.42. The third kappa shape index (κ3) is 1.86. The summed E-state index contributed by atoms with van der Waals surface area (Å²) < 4.78 is 3.51. The summed E-state index contributed by atoms with van der Waals surface area (Å²) in [6.07, 6.45) is 8.23. The maximum Gasteiger partial charge on any atom is 0.280 e. The van der Waals surface area contributed by atoms with E-state index in [-0.39, 0.29) is 11.6 Å². The first-order valence-electron chi connectivity index (χ1n) is 7.47. The maximum absolute atomic E-state index is 12.8. The normalized spacial score (nSPS) is 22.9. The Morgan fingerprint density at radius 1 is 1.19 bits per heavy atom. The smallest absolute Gasteiger partial charge is 0.280 e. The van der Waals surface area contributed by atoms with Crippen LogP contribution in [0.4, 0.5) is 0 Å². The Bertz CT molecular complexity index is 865. The highest BCUT2D eigenvalue weighted by molar-refractivity contribution is 5.74. The van der Waals surface area contributed by atoms with Crippen molar-refractivity contribution in [3.05, 3.63) is 34.9 Å². The quantitative estimate of drug-likeness (QED) is 0.686. The van der Waals surface area contributed by atoms with Crippen molar-refractivity contribution in [1.29, 1.82) is 0 Å². The van der Waals surface area contributed by atoms with Crippen molar-refractivity contribution in [3.8, 4) is 0 Å². The van der Waals surface area contributed by atoms with E-state index >= 15 is 0 Å². The lowest BCUT2D eigenvalue weighted by Crippen LogP contribution is -2.31. The number of rotatable bonds is 1. The van der Waals surface area contributed by atoms with Crippen molar-refractivity contribution in [1.82, 2.24) is 24.4 Å². The highest BCUT2D eigenvalue weighted by Gasteiger charge is 2.24. The summed E-state index contributed by atoms with van der Waals surface area (Å²) in [7, 11) is 0. The summed E-state index contributed by atoms with van der Waals surface area (Å²) in [5.41, 5.74) is 1.71. The second kappa shape index (κ2) is 4.65. The SMILES string of the molecule is C[C@@H]1CCCC[C@H]1n1ccc2c(nnc3ccnn32)c1=O. The molecule has 4 rings (SSSR count). The number of hydrogen-bond donors (Lipinski definition) is 0. The molecule has 3 heterocycles. The molecule has 108 valence electrons. The molecule has 0 spiro atoms. The Balaban J connectivity index is 1.93. The lowest BCUT2D eigenvalue weighted by atomic mass is 9.85. The van der Waals surface area contributed by atoms with Crippen LogP contribution >= 0.6 is 0 Å². The molecule has 1 aliphatic rings. The Hall–Kier alpha value is -2.24. The highest BCUT2D eigenvalue weighted by atomic mass is 16.1. The van der Waals surface area contributed by atoms with Gasteiger partial charge in [0.2, 0.25) is 0 Å². The van der Waals surface area contributed by atoms with E-state index in [2.05, 4.69) is 22.2 Å². The van der Waals surface area contributed by atoms with Crippen LogP contribution < -0.4 is 5.56 Å². The van der Waals surface area contributed by atoms with Crippen LogP contribution in [-0.2, 0) is 0 Å². The minimum Gasteiger partial charge on any atom is -0.310 e. The zero-order valence-corrected chi connectivity index (χ0v) is 11.9. The van der Waals surface area contributed by atoms with E-state index in [4.69, 9.17) is 0 Å². The molecule has 0 aliphatic heterocycles. The first kappa shape index (κ1) is 12.5. The molecule has 0 amide bonds. The number of hydrogen-bond acceptors (Lipinski definition) is 4. The standard InChI is InChI=1S/C15H17N5O/c1-10-4-2-3-5-11(10)19-9-7-12-14(15(19)21)18-17-13-6-8-16-20(12)13/h6-11H,2-5H2,1H3/t10-,11-/m1/s1. The van der Waals surface area contributed by atoms with Crippen LogP contribution in [0.5, 0.6) is 0 Å². The van der Waals surface area contributed by atoms with Crippen LogP contribution in [-0.4, -0.2) is 24.4 Å². The fourth-order valence-electron chi connectivity index (χ4n) is 3.42. The summed E-state index contributed by atoms with van der Waals surface area (Å²) in [5.74, 6) is 0.523. The van der Waals surface area contributed by atoms with Gasteiger partial charge in [0.05, 0.1) is 6.20 Å². The van der Waals surface area contributed by atoms with Gasteiger partial charge in [-0.3, -0.25) is 4.79 Å². The van der Waals surface area contributed by atoms with E-state index in [9.17, 15) is 4.79 Å². The second-order valence-electron chi connectivity index (χ2n) is 5.89. The predicted molar refractivity (Wildman–Crippen MR) is 79.2 cm³/mol. The molecular formula is C15H17N5O. The van der Waals surface area contributed by atoms with Crippen molar-refractivity contribution in [2.45, 2.75) is 38.6 Å². The molecule has 21 heavy (non-hydrogen) atoms. The molecule has 0 N–H and O–H groups in total. The molecule has 3 aromatic heterocycles. The Morgan fingerprint density at radius 3 is 2.90 bits per heavy atom. The number of pyridine rings is 1. The van der Waals surface area contributed by atoms with E-state index in [1.165, 1.54) is 19.3 Å². The van der Waals surface area contributed by atoms with Gasteiger partial charge in [-0.15, -0.1) is 10.2 Å². The van der Waals surface area contributed by atoms with Crippen LogP contribution in [0.25, 0.3) is 16.7 Å². The zero-order valence-electron chi connectivity index (χ0n) is 11.9. The Kier molecular flexibility index (Phi) is 2.77. The Labute approximate surface area is 121 Å². The number of fused-ring (bicyclic) bond motifs is 3. The molecule has 6 heteroatoms. The van der Waals surface area contributed by atoms with Gasteiger partial charge in [0.15, 0.2) is 11.2 Å². The van der Waals surface area contributed by atoms with Crippen LogP contribution in [0, 0.1) is 5.92 Å². The minimum atomic E-state index is -0.0591. The van der Waals surface area contributed by atoms with E-state index < -0.39 is 0 Å². The van der Waals surface area contributed by atoms with Gasteiger partial charge in [0.1, 0.15) is 5.52 Å². The van der Waals surface area contributed by atoms with Gasteiger partial charge >= 0.3 is 0 Å². The third-order valence-electron chi connectivity index (χ3n) is 4.60. The van der Waals surface area contributed by atoms with Gasteiger partial charge in [0, 0.05) is 18.3 Å². The maximum atomic E-state index is 12.8. The van der Waals surface area contributed by atoms with E-state index in [0.717, 1.165) is 11.9 Å². The molecule has 0 radical (unpaired) electrons. The van der Waals surface area contributed by atoms with Crippen molar-refractivity contribution in [2.75, 3.05) is 0 Å². The zero-order chi connectivity index (χ0) is 14.4. The van der Waals surface area contributed by atoms with Crippen LogP contribution in [0.1, 0.15) is 38.6 Å². The van der Waals surface area contributed by atoms with Crippen molar-refractivity contribution < 1.29 is 0 Å². The first-order valence-corrected chi connectivity index (χ1v) is 7.47. The molecule has 0 bridgehead atoms. The monoisotopic (exact) mass is 283 g/mol. The second-order valence-corrected chi connectivity index (χ2v) is 5.89. The summed E-state index contributed by atoms with van der Waals surface area (Å²) >= 11 is 0. The molecule has 0 aromatic carbocycles. The van der Waals surface area contributed by atoms with E-state index in [1.54, 1.807) is 16.8 Å². The van der Waals surface area contributed by atoms with Crippen molar-refractivity contribution in [3.63, 3.8) is 0 Å². The van der Waals surface area contributed by atoms with Crippen LogP contribution in [0.2, 0.25) is 0 Å². The third-order valence-corrected chi connectivity index (χ3v) is 4.60. The van der Waals surface area contributed by atoms with Crippen molar-refractivity contribution in [2.24, 2.45) is 5.92 Å². The Morgan fingerprint density at radius 2 is 2.05 bits per heavy atom. The average molecular weight is 283 g/mol. The van der Waals surface area contributed by atoms with Gasteiger partial charge in [-0.2, -0.15) is 5.10 Å². The molecule has 0 unspecified atom stereocenters. The molecule has 2 atom stereocenters. The average Bonchev–Trinajstić information content (AvgIpc) is 2.97.